The third-order valence-electron chi connectivity index (χ3n) is 2.15. The smallest absolute Gasteiger partial charge is 0.285 e. The summed E-state index contributed by atoms with van der Waals surface area (Å²) in [5.41, 5.74) is -0.0792. The summed E-state index contributed by atoms with van der Waals surface area (Å²) in [6.07, 6.45) is 0. The first kappa shape index (κ1) is 17.3. The maximum atomic E-state index is 12.1. The molecule has 0 radical (unpaired) electrons. The number of hydrogen-bond acceptors (Lipinski definition) is 3. The Bertz CT molecular complexity index is 619. The van der Waals surface area contributed by atoms with E-state index < -0.39 is 10.0 Å². The number of benzene rings is 1. The second-order valence-electron chi connectivity index (χ2n) is 5.51. The zero-order valence-electron chi connectivity index (χ0n) is 11.8. The Kier molecular flexibility index (Phi) is 5.46. The third kappa shape index (κ3) is 5.31. The van der Waals surface area contributed by atoms with Gasteiger partial charge >= 0.3 is 0 Å². The Hall–Kier alpha value is -0.780. The van der Waals surface area contributed by atoms with Gasteiger partial charge in [0.25, 0.3) is 10.0 Å². The van der Waals surface area contributed by atoms with Gasteiger partial charge in [-0.15, -0.1) is 4.40 Å². The molecule has 0 N–H and O–H groups in total. The molecule has 0 fully saturated rings. The molecule has 0 aliphatic rings. The Labute approximate surface area is 129 Å². The first-order valence-electron chi connectivity index (χ1n) is 5.91. The Morgan fingerprint density at radius 1 is 1.25 bits per heavy atom. The van der Waals surface area contributed by atoms with Crippen molar-refractivity contribution >= 4 is 39.1 Å². The average Bonchev–Trinajstić information content (AvgIpc) is 2.28. The minimum Gasteiger partial charge on any atom is -0.480 e. The lowest BCUT2D eigenvalue weighted by atomic mass is 9.99. The fraction of sp³-hybridized carbons (Fsp3) is 0.462. The molecule has 0 aromatic heterocycles. The van der Waals surface area contributed by atoms with Gasteiger partial charge in [-0.2, -0.15) is 8.42 Å². The van der Waals surface area contributed by atoms with E-state index in [4.69, 9.17) is 27.9 Å². The summed E-state index contributed by atoms with van der Waals surface area (Å²) in [6, 6.07) is 4.03. The number of rotatable bonds is 3. The van der Waals surface area contributed by atoms with Crippen molar-refractivity contribution in [2.75, 3.05) is 6.61 Å². The minimum absolute atomic E-state index is 0.0226. The van der Waals surface area contributed by atoms with E-state index in [0.717, 1.165) is 0 Å². The molecule has 0 unspecified atom stereocenters. The summed E-state index contributed by atoms with van der Waals surface area (Å²) in [5, 5.41) is 0.450. The molecular weight excluding hydrogens is 321 g/mol. The van der Waals surface area contributed by atoms with Gasteiger partial charge in [-0.25, -0.2) is 0 Å². The number of nitrogens with zero attached hydrogens (tertiary/aromatic N) is 1. The molecule has 0 bridgehead atoms. The zero-order valence-corrected chi connectivity index (χ0v) is 14.1. The van der Waals surface area contributed by atoms with Crippen molar-refractivity contribution in [1.82, 2.24) is 0 Å². The molecular formula is C13H17Cl2NO3S. The van der Waals surface area contributed by atoms with Gasteiger partial charge in [0, 0.05) is 6.92 Å². The molecule has 4 nitrogen and oxygen atoms in total. The average molecular weight is 338 g/mol. The van der Waals surface area contributed by atoms with Crippen LogP contribution in [0.25, 0.3) is 0 Å². The van der Waals surface area contributed by atoms with E-state index in [1.807, 2.05) is 20.8 Å². The lowest BCUT2D eigenvalue weighted by Gasteiger charge is -2.18. The molecule has 0 saturated carbocycles. The topological polar surface area (TPSA) is 55.7 Å². The van der Waals surface area contributed by atoms with Crippen LogP contribution in [0.2, 0.25) is 10.0 Å². The molecule has 1 rings (SSSR count). The van der Waals surface area contributed by atoms with Crippen LogP contribution >= 0.6 is 23.2 Å². The van der Waals surface area contributed by atoms with Gasteiger partial charge in [0.2, 0.25) is 0 Å². The fourth-order valence-corrected chi connectivity index (χ4v) is 2.57. The van der Waals surface area contributed by atoms with Crippen LogP contribution in [0.5, 0.6) is 0 Å². The van der Waals surface area contributed by atoms with E-state index in [1.165, 1.54) is 25.1 Å². The standard InChI is InChI=1S/C13H17Cl2NO3S/c1-9(19-8-13(2,3)4)16-20(17,18)10-5-6-11(14)12(15)7-10/h5-7H,8H2,1-4H3. The number of ether oxygens (including phenoxy) is 1. The highest BCUT2D eigenvalue weighted by atomic mass is 35.5. The molecule has 7 heteroatoms. The predicted molar refractivity (Wildman–Crippen MR) is 82.2 cm³/mol. The largest absolute Gasteiger partial charge is 0.480 e. The molecule has 20 heavy (non-hydrogen) atoms. The maximum absolute atomic E-state index is 12.1. The van der Waals surface area contributed by atoms with Crippen molar-refractivity contribution in [3.8, 4) is 0 Å². The normalized spacial score (nSPS) is 13.4. The Morgan fingerprint density at radius 2 is 1.85 bits per heavy atom. The van der Waals surface area contributed by atoms with E-state index in [2.05, 4.69) is 4.40 Å². The highest BCUT2D eigenvalue weighted by Gasteiger charge is 2.17. The summed E-state index contributed by atoms with van der Waals surface area (Å²) >= 11 is 11.6. The van der Waals surface area contributed by atoms with Crippen LogP contribution in [-0.4, -0.2) is 20.9 Å². The monoisotopic (exact) mass is 337 g/mol. The van der Waals surface area contributed by atoms with Crippen LogP contribution in [0.1, 0.15) is 27.7 Å². The van der Waals surface area contributed by atoms with E-state index in [0.29, 0.717) is 6.61 Å². The minimum atomic E-state index is -3.85. The Balaban J connectivity index is 2.96. The first-order chi connectivity index (χ1) is 9.01. The summed E-state index contributed by atoms with van der Waals surface area (Å²) < 4.78 is 33.1. The second kappa shape index (κ2) is 6.33. The van der Waals surface area contributed by atoms with Crippen molar-refractivity contribution < 1.29 is 13.2 Å². The quantitative estimate of drug-likeness (QED) is 0.614. The van der Waals surface area contributed by atoms with Crippen LogP contribution in [0.3, 0.4) is 0 Å². The lowest BCUT2D eigenvalue weighted by Crippen LogP contribution is -2.17. The van der Waals surface area contributed by atoms with Crippen LogP contribution in [-0.2, 0) is 14.8 Å². The summed E-state index contributed by atoms with van der Waals surface area (Å²) in [5.74, 6) is 0.0889. The van der Waals surface area contributed by atoms with Crippen molar-refractivity contribution in [2.45, 2.75) is 32.6 Å². The highest BCUT2D eigenvalue weighted by Crippen LogP contribution is 2.25. The van der Waals surface area contributed by atoms with Crippen molar-refractivity contribution in [3.05, 3.63) is 28.2 Å². The van der Waals surface area contributed by atoms with Gasteiger partial charge < -0.3 is 4.74 Å². The van der Waals surface area contributed by atoms with Gasteiger partial charge in [0.05, 0.1) is 21.5 Å². The first-order valence-corrected chi connectivity index (χ1v) is 8.10. The summed E-state index contributed by atoms with van der Waals surface area (Å²) in [4.78, 5) is -0.0226. The highest BCUT2D eigenvalue weighted by molar-refractivity contribution is 7.90. The van der Waals surface area contributed by atoms with E-state index in [9.17, 15) is 8.42 Å². The molecule has 112 valence electrons. The Morgan fingerprint density at radius 3 is 2.35 bits per heavy atom. The fourth-order valence-electron chi connectivity index (χ4n) is 1.21. The molecule has 0 spiro atoms. The maximum Gasteiger partial charge on any atom is 0.285 e. The molecule has 0 aliphatic carbocycles. The van der Waals surface area contributed by atoms with Crippen molar-refractivity contribution in [3.63, 3.8) is 0 Å². The van der Waals surface area contributed by atoms with Crippen molar-refractivity contribution in [2.24, 2.45) is 9.81 Å². The molecule has 1 aromatic carbocycles. The predicted octanol–water partition coefficient (Wildman–Crippen LogP) is 4.16. The zero-order chi connectivity index (χ0) is 15.6. The third-order valence-corrected chi connectivity index (χ3v) is 4.24. The van der Waals surface area contributed by atoms with Crippen molar-refractivity contribution in [1.29, 1.82) is 0 Å². The summed E-state index contributed by atoms with van der Waals surface area (Å²) in [6.45, 7) is 7.81. The van der Waals surface area contributed by atoms with Crippen LogP contribution < -0.4 is 0 Å². The van der Waals surface area contributed by atoms with Gasteiger partial charge in [0.1, 0.15) is 0 Å². The van der Waals surface area contributed by atoms with Gasteiger partial charge in [0.15, 0.2) is 5.90 Å². The number of hydrogen-bond donors (Lipinski definition) is 0. The molecule has 0 saturated heterocycles. The summed E-state index contributed by atoms with van der Waals surface area (Å²) in [7, 11) is -3.85. The second-order valence-corrected chi connectivity index (χ2v) is 7.93. The molecule has 0 amide bonds. The van der Waals surface area contributed by atoms with Gasteiger partial charge in [-0.1, -0.05) is 44.0 Å². The molecule has 0 atom stereocenters. The van der Waals surface area contributed by atoms with Gasteiger partial charge in [-0.05, 0) is 23.6 Å². The molecule has 0 heterocycles. The number of halogens is 2. The van der Waals surface area contributed by atoms with Gasteiger partial charge in [-0.3, -0.25) is 0 Å². The SMILES string of the molecule is CC(=NS(=O)(=O)c1ccc(Cl)c(Cl)c1)OCC(C)(C)C. The molecule has 1 aromatic rings. The van der Waals surface area contributed by atoms with Crippen LogP contribution in [0.15, 0.2) is 27.5 Å². The molecule has 0 aliphatic heterocycles. The number of sulfonamides is 1. The van der Waals surface area contributed by atoms with E-state index in [-0.39, 0.29) is 26.3 Å². The van der Waals surface area contributed by atoms with Crippen LogP contribution in [0, 0.1) is 5.41 Å². The van der Waals surface area contributed by atoms with Crippen LogP contribution in [0.4, 0.5) is 0 Å². The van der Waals surface area contributed by atoms with E-state index in [1.54, 1.807) is 0 Å². The van der Waals surface area contributed by atoms with E-state index >= 15 is 0 Å². The lowest BCUT2D eigenvalue weighted by molar-refractivity contribution is 0.186.